The molecule has 0 bridgehead atoms. The molecular formula is C20H27N3O2S. The van der Waals surface area contributed by atoms with Crippen LogP contribution in [-0.4, -0.2) is 55.4 Å². The summed E-state index contributed by atoms with van der Waals surface area (Å²) >= 11 is 1.86. The molecule has 2 aliphatic rings. The number of hydrogen-bond donors (Lipinski definition) is 1. The Labute approximate surface area is 158 Å². The zero-order chi connectivity index (χ0) is 18.3. The average Bonchev–Trinajstić information content (AvgIpc) is 2.98. The van der Waals surface area contributed by atoms with Gasteiger partial charge in [0.05, 0.1) is 0 Å². The van der Waals surface area contributed by atoms with Crippen molar-refractivity contribution in [1.29, 1.82) is 0 Å². The maximum atomic E-state index is 11.8. The van der Waals surface area contributed by atoms with Crippen molar-refractivity contribution < 1.29 is 9.53 Å². The maximum Gasteiger partial charge on any atom is 0.407 e. The predicted octanol–water partition coefficient (Wildman–Crippen LogP) is 3.47. The van der Waals surface area contributed by atoms with Crippen LogP contribution in [-0.2, 0) is 11.2 Å². The van der Waals surface area contributed by atoms with Crippen LogP contribution in [0.3, 0.4) is 0 Å². The van der Waals surface area contributed by atoms with Gasteiger partial charge in [0.15, 0.2) is 0 Å². The van der Waals surface area contributed by atoms with E-state index < -0.39 is 5.60 Å². The number of carbonyl (C=O) groups is 1. The van der Waals surface area contributed by atoms with E-state index in [9.17, 15) is 4.79 Å². The van der Waals surface area contributed by atoms with E-state index in [0.717, 1.165) is 32.6 Å². The molecule has 1 unspecified atom stereocenters. The average molecular weight is 374 g/mol. The summed E-state index contributed by atoms with van der Waals surface area (Å²) in [5.74, 6) is 0. The highest BCUT2D eigenvalue weighted by Gasteiger charge is 2.32. The monoisotopic (exact) mass is 373 g/mol. The highest BCUT2D eigenvalue weighted by atomic mass is 32.1. The third-order valence-electron chi connectivity index (χ3n) is 5.08. The molecular weight excluding hydrogens is 346 g/mol. The van der Waals surface area contributed by atoms with Crippen LogP contribution in [0.25, 0.3) is 10.1 Å². The van der Waals surface area contributed by atoms with E-state index in [1.165, 1.54) is 21.3 Å². The summed E-state index contributed by atoms with van der Waals surface area (Å²) in [5, 5.41) is 6.67. The smallest absolute Gasteiger partial charge is 0.407 e. The Hall–Kier alpha value is -1.79. The number of hydrogen-bond acceptors (Lipinski definition) is 5. The molecule has 2 aliphatic heterocycles. The molecule has 5 nitrogen and oxygen atoms in total. The number of piperazine rings is 1. The number of thiophene rings is 1. The Morgan fingerprint density at radius 1 is 1.35 bits per heavy atom. The van der Waals surface area contributed by atoms with Crippen LogP contribution in [0.4, 0.5) is 10.5 Å². The first kappa shape index (κ1) is 17.6. The molecule has 0 spiro atoms. The fourth-order valence-corrected chi connectivity index (χ4v) is 5.02. The normalized spacial score (nSPS) is 20.1. The molecule has 1 N–H and O–H groups in total. The molecule has 1 aromatic carbocycles. The molecule has 0 aliphatic carbocycles. The molecule has 1 fully saturated rings. The van der Waals surface area contributed by atoms with Crippen LogP contribution < -0.4 is 10.2 Å². The number of ether oxygens (including phenoxy) is 1. The number of amides is 1. The maximum absolute atomic E-state index is 11.8. The summed E-state index contributed by atoms with van der Waals surface area (Å²) in [7, 11) is 0. The van der Waals surface area contributed by atoms with Crippen molar-refractivity contribution in [1.82, 2.24) is 10.2 Å². The van der Waals surface area contributed by atoms with Crippen molar-refractivity contribution in [3.05, 3.63) is 29.1 Å². The Morgan fingerprint density at radius 2 is 2.19 bits per heavy atom. The highest BCUT2D eigenvalue weighted by Crippen LogP contribution is 2.40. The topological polar surface area (TPSA) is 44.8 Å². The molecule has 0 radical (unpaired) electrons. The van der Waals surface area contributed by atoms with Gasteiger partial charge in [-0.15, -0.1) is 11.3 Å². The van der Waals surface area contributed by atoms with Gasteiger partial charge in [-0.3, -0.25) is 4.90 Å². The number of alkyl carbamates (subject to hydrolysis) is 1. The van der Waals surface area contributed by atoms with Crippen LogP contribution in [0, 0.1) is 0 Å². The first-order valence-corrected chi connectivity index (χ1v) is 10.2. The van der Waals surface area contributed by atoms with Crippen molar-refractivity contribution in [3.8, 4) is 0 Å². The molecule has 1 atom stereocenters. The van der Waals surface area contributed by atoms with Gasteiger partial charge >= 0.3 is 6.09 Å². The van der Waals surface area contributed by atoms with Crippen LogP contribution in [0.2, 0.25) is 0 Å². The first-order valence-electron chi connectivity index (χ1n) is 9.36. The second-order valence-electron chi connectivity index (χ2n) is 8.19. The first-order chi connectivity index (χ1) is 12.4. The lowest BCUT2D eigenvalue weighted by Gasteiger charge is -2.45. The number of benzene rings is 1. The third kappa shape index (κ3) is 3.53. The highest BCUT2D eigenvalue weighted by molar-refractivity contribution is 7.17. The van der Waals surface area contributed by atoms with Gasteiger partial charge < -0.3 is 15.0 Å². The van der Waals surface area contributed by atoms with Gasteiger partial charge in [0, 0.05) is 54.5 Å². The van der Waals surface area contributed by atoms with E-state index in [1.54, 1.807) is 0 Å². The zero-order valence-electron chi connectivity index (χ0n) is 15.7. The van der Waals surface area contributed by atoms with E-state index in [2.05, 4.69) is 38.7 Å². The molecule has 4 rings (SSSR count). The molecule has 2 aromatic rings. The lowest BCUT2D eigenvalue weighted by molar-refractivity contribution is 0.0520. The number of anilines is 1. The largest absolute Gasteiger partial charge is 0.444 e. The molecule has 140 valence electrons. The van der Waals surface area contributed by atoms with Gasteiger partial charge in [-0.25, -0.2) is 4.79 Å². The number of nitrogens with zero attached hydrogens (tertiary/aromatic N) is 2. The van der Waals surface area contributed by atoms with Gasteiger partial charge in [0.2, 0.25) is 0 Å². The summed E-state index contributed by atoms with van der Waals surface area (Å²) in [6.07, 6.45) is 0.788. The standard InChI is InChI=1S/C20H27N3O2S/c1-20(2,3)25-19(24)21-7-8-22-9-10-23-15(12-22)11-14-13-26-17-6-4-5-16(23)18(14)17/h4-6,13,15H,7-12H2,1-3H3,(H,21,24). The summed E-state index contributed by atoms with van der Waals surface area (Å²) in [5.41, 5.74) is 2.45. The molecule has 3 heterocycles. The van der Waals surface area contributed by atoms with E-state index in [-0.39, 0.29) is 6.09 Å². The predicted molar refractivity (Wildman–Crippen MR) is 107 cm³/mol. The van der Waals surface area contributed by atoms with Gasteiger partial charge in [-0.1, -0.05) is 6.07 Å². The molecule has 0 saturated carbocycles. The molecule has 1 amide bonds. The SMILES string of the molecule is CC(C)(C)OC(=O)NCCN1CCN2c3cccc4scc(c34)CC2C1. The van der Waals surface area contributed by atoms with Gasteiger partial charge in [-0.05, 0) is 50.3 Å². The summed E-state index contributed by atoms with van der Waals surface area (Å²) < 4.78 is 6.70. The Bertz CT molecular complexity index is 811. The number of rotatable bonds is 3. The lowest BCUT2D eigenvalue weighted by atomic mass is 9.94. The van der Waals surface area contributed by atoms with Crippen molar-refractivity contribution >= 4 is 33.2 Å². The van der Waals surface area contributed by atoms with Gasteiger partial charge in [-0.2, -0.15) is 0 Å². The van der Waals surface area contributed by atoms with E-state index in [1.807, 2.05) is 32.1 Å². The van der Waals surface area contributed by atoms with Crippen molar-refractivity contribution in [2.75, 3.05) is 37.6 Å². The third-order valence-corrected chi connectivity index (χ3v) is 6.08. The number of carbonyl (C=O) groups excluding carboxylic acids is 1. The van der Waals surface area contributed by atoms with E-state index >= 15 is 0 Å². The fraction of sp³-hybridized carbons (Fsp3) is 0.550. The molecule has 26 heavy (non-hydrogen) atoms. The minimum atomic E-state index is -0.447. The van der Waals surface area contributed by atoms with Gasteiger partial charge in [0.25, 0.3) is 0 Å². The van der Waals surface area contributed by atoms with Crippen molar-refractivity contribution in [3.63, 3.8) is 0 Å². The van der Waals surface area contributed by atoms with E-state index in [0.29, 0.717) is 12.6 Å². The summed E-state index contributed by atoms with van der Waals surface area (Å²) in [6, 6.07) is 7.20. The second-order valence-corrected chi connectivity index (χ2v) is 9.10. The quantitative estimate of drug-likeness (QED) is 0.895. The van der Waals surface area contributed by atoms with Crippen molar-refractivity contribution in [2.24, 2.45) is 0 Å². The second kappa shape index (κ2) is 6.74. The zero-order valence-corrected chi connectivity index (χ0v) is 16.6. The molecule has 1 aromatic heterocycles. The lowest BCUT2D eigenvalue weighted by Crippen LogP contribution is -2.56. The summed E-state index contributed by atoms with van der Waals surface area (Å²) in [4.78, 5) is 16.8. The van der Waals surface area contributed by atoms with Gasteiger partial charge in [0.1, 0.15) is 5.60 Å². The Morgan fingerprint density at radius 3 is 3.00 bits per heavy atom. The Balaban J connectivity index is 1.34. The van der Waals surface area contributed by atoms with Crippen LogP contribution in [0.1, 0.15) is 26.3 Å². The number of nitrogens with one attached hydrogen (secondary N) is 1. The fourth-order valence-electron chi connectivity index (χ4n) is 4.02. The van der Waals surface area contributed by atoms with Crippen molar-refractivity contribution in [2.45, 2.75) is 38.8 Å². The Kier molecular flexibility index (Phi) is 4.57. The summed E-state index contributed by atoms with van der Waals surface area (Å²) in [6.45, 7) is 10.3. The van der Waals surface area contributed by atoms with Crippen LogP contribution in [0.5, 0.6) is 0 Å². The molecule has 6 heteroatoms. The molecule has 1 saturated heterocycles. The van der Waals surface area contributed by atoms with Crippen LogP contribution >= 0.6 is 11.3 Å². The van der Waals surface area contributed by atoms with Crippen LogP contribution in [0.15, 0.2) is 23.6 Å². The minimum Gasteiger partial charge on any atom is -0.444 e. The minimum absolute atomic E-state index is 0.330. The number of fused-ring (bicyclic) bond motifs is 2. The van der Waals surface area contributed by atoms with E-state index in [4.69, 9.17) is 4.74 Å².